The standard InChI is InChI=1S/C21H21F2N3/c22-18-6-2-16(3-7-18)20(17-4-8-19(23)9-5-17)10-14-24-15-11-21-25-12-1-13-26-21/h1-9,12-13,20,24H,10-11,14-15H2. The summed E-state index contributed by atoms with van der Waals surface area (Å²) in [6, 6.07) is 14.8. The Kier molecular flexibility index (Phi) is 6.39. The summed E-state index contributed by atoms with van der Waals surface area (Å²) in [5, 5.41) is 3.40. The molecule has 0 saturated carbocycles. The van der Waals surface area contributed by atoms with Gasteiger partial charge in [-0.3, -0.25) is 0 Å². The van der Waals surface area contributed by atoms with Crippen LogP contribution in [-0.4, -0.2) is 23.1 Å². The minimum absolute atomic E-state index is 0.0803. The topological polar surface area (TPSA) is 37.8 Å². The number of nitrogens with zero attached hydrogens (tertiary/aromatic N) is 2. The Morgan fingerprint density at radius 1 is 0.769 bits per heavy atom. The number of benzene rings is 2. The monoisotopic (exact) mass is 353 g/mol. The van der Waals surface area contributed by atoms with Crippen molar-refractivity contribution in [2.45, 2.75) is 18.8 Å². The van der Waals surface area contributed by atoms with Crippen molar-refractivity contribution in [1.82, 2.24) is 15.3 Å². The molecule has 0 amide bonds. The summed E-state index contributed by atoms with van der Waals surface area (Å²) in [6.45, 7) is 1.57. The second-order valence-corrected chi connectivity index (χ2v) is 6.11. The lowest BCUT2D eigenvalue weighted by Crippen LogP contribution is -2.21. The normalized spacial score (nSPS) is 11.0. The third-order valence-electron chi connectivity index (χ3n) is 4.30. The number of hydrogen-bond acceptors (Lipinski definition) is 3. The van der Waals surface area contributed by atoms with E-state index in [1.54, 1.807) is 42.7 Å². The number of rotatable bonds is 8. The Balaban J connectivity index is 1.60. The van der Waals surface area contributed by atoms with E-state index in [2.05, 4.69) is 15.3 Å². The first-order chi connectivity index (χ1) is 12.7. The highest BCUT2D eigenvalue weighted by molar-refractivity contribution is 5.32. The molecule has 1 aromatic heterocycles. The van der Waals surface area contributed by atoms with Gasteiger partial charge in [0.25, 0.3) is 0 Å². The van der Waals surface area contributed by atoms with Crippen LogP contribution in [0.5, 0.6) is 0 Å². The van der Waals surface area contributed by atoms with Gasteiger partial charge in [0.2, 0.25) is 0 Å². The lowest BCUT2D eigenvalue weighted by Gasteiger charge is -2.18. The fourth-order valence-corrected chi connectivity index (χ4v) is 2.95. The Labute approximate surface area is 152 Å². The van der Waals surface area contributed by atoms with Gasteiger partial charge in [-0.2, -0.15) is 0 Å². The molecule has 0 bridgehead atoms. The number of hydrogen-bond donors (Lipinski definition) is 1. The van der Waals surface area contributed by atoms with E-state index in [1.165, 1.54) is 24.3 Å². The Morgan fingerprint density at radius 2 is 1.31 bits per heavy atom. The van der Waals surface area contributed by atoms with Crippen LogP contribution >= 0.6 is 0 Å². The zero-order chi connectivity index (χ0) is 18.2. The zero-order valence-electron chi connectivity index (χ0n) is 14.4. The predicted octanol–water partition coefficient (Wildman–Crippen LogP) is 4.11. The average Bonchev–Trinajstić information content (AvgIpc) is 2.67. The van der Waals surface area contributed by atoms with Gasteiger partial charge in [0.1, 0.15) is 17.5 Å². The van der Waals surface area contributed by atoms with Crippen LogP contribution in [-0.2, 0) is 6.42 Å². The first-order valence-corrected chi connectivity index (χ1v) is 8.70. The summed E-state index contributed by atoms with van der Waals surface area (Å²) in [4.78, 5) is 8.40. The molecule has 0 aliphatic rings. The van der Waals surface area contributed by atoms with E-state index in [4.69, 9.17) is 0 Å². The van der Waals surface area contributed by atoms with Crippen molar-refractivity contribution in [3.63, 3.8) is 0 Å². The van der Waals surface area contributed by atoms with E-state index >= 15 is 0 Å². The molecule has 0 spiro atoms. The first kappa shape index (κ1) is 18.1. The van der Waals surface area contributed by atoms with Crippen LogP contribution in [0.15, 0.2) is 67.0 Å². The molecule has 0 fully saturated rings. The third-order valence-corrected chi connectivity index (χ3v) is 4.30. The molecule has 26 heavy (non-hydrogen) atoms. The van der Waals surface area contributed by atoms with E-state index < -0.39 is 0 Å². The molecule has 3 rings (SSSR count). The van der Waals surface area contributed by atoms with Gasteiger partial charge in [-0.05, 0) is 54.4 Å². The van der Waals surface area contributed by atoms with Gasteiger partial charge in [0, 0.05) is 31.3 Å². The van der Waals surface area contributed by atoms with E-state index in [1.807, 2.05) is 0 Å². The van der Waals surface area contributed by atoms with Crippen LogP contribution in [0.25, 0.3) is 0 Å². The van der Waals surface area contributed by atoms with Gasteiger partial charge in [-0.1, -0.05) is 24.3 Å². The molecule has 1 N–H and O–H groups in total. The Morgan fingerprint density at radius 3 is 1.85 bits per heavy atom. The Bertz CT molecular complexity index is 744. The molecule has 0 aliphatic carbocycles. The van der Waals surface area contributed by atoms with Crippen molar-refractivity contribution in [2.75, 3.05) is 13.1 Å². The summed E-state index contributed by atoms with van der Waals surface area (Å²) in [5.41, 5.74) is 2.04. The van der Waals surface area contributed by atoms with Crippen molar-refractivity contribution in [3.05, 3.63) is 95.6 Å². The molecule has 0 atom stereocenters. The maximum atomic E-state index is 13.2. The Hall–Kier alpha value is -2.66. The van der Waals surface area contributed by atoms with Crippen molar-refractivity contribution in [1.29, 1.82) is 0 Å². The van der Waals surface area contributed by atoms with Crippen LogP contribution in [0.3, 0.4) is 0 Å². The highest BCUT2D eigenvalue weighted by Crippen LogP contribution is 2.28. The second kappa shape index (κ2) is 9.15. The van der Waals surface area contributed by atoms with Crippen molar-refractivity contribution in [2.24, 2.45) is 0 Å². The number of nitrogens with one attached hydrogen (secondary N) is 1. The van der Waals surface area contributed by atoms with E-state index in [0.29, 0.717) is 0 Å². The van der Waals surface area contributed by atoms with Gasteiger partial charge in [-0.25, -0.2) is 18.7 Å². The van der Waals surface area contributed by atoms with Gasteiger partial charge < -0.3 is 5.32 Å². The first-order valence-electron chi connectivity index (χ1n) is 8.70. The quantitative estimate of drug-likeness (QED) is 0.619. The van der Waals surface area contributed by atoms with Crippen LogP contribution in [0.2, 0.25) is 0 Å². The molecule has 0 saturated heterocycles. The molecule has 2 aromatic carbocycles. The van der Waals surface area contributed by atoms with Crippen LogP contribution < -0.4 is 5.32 Å². The lowest BCUT2D eigenvalue weighted by molar-refractivity contribution is 0.598. The predicted molar refractivity (Wildman–Crippen MR) is 97.9 cm³/mol. The van der Waals surface area contributed by atoms with Gasteiger partial charge >= 0.3 is 0 Å². The van der Waals surface area contributed by atoms with Crippen LogP contribution in [0.1, 0.15) is 29.3 Å². The summed E-state index contributed by atoms with van der Waals surface area (Å²) in [7, 11) is 0. The smallest absolute Gasteiger partial charge is 0.129 e. The number of aromatic nitrogens is 2. The maximum absolute atomic E-state index is 13.2. The SMILES string of the molecule is Fc1ccc(C(CCNCCc2ncccn2)c2ccc(F)cc2)cc1. The minimum atomic E-state index is -0.257. The summed E-state index contributed by atoms with van der Waals surface area (Å²) in [6.07, 6.45) is 5.06. The molecular weight excluding hydrogens is 332 g/mol. The van der Waals surface area contributed by atoms with Gasteiger partial charge in [-0.15, -0.1) is 0 Å². The largest absolute Gasteiger partial charge is 0.316 e. The molecule has 0 unspecified atom stereocenters. The molecule has 5 heteroatoms. The van der Waals surface area contributed by atoms with E-state index in [0.717, 1.165) is 42.9 Å². The average molecular weight is 353 g/mol. The number of halogens is 2. The van der Waals surface area contributed by atoms with Crippen molar-refractivity contribution >= 4 is 0 Å². The molecule has 134 valence electrons. The zero-order valence-corrected chi connectivity index (χ0v) is 14.4. The molecule has 3 nitrogen and oxygen atoms in total. The van der Waals surface area contributed by atoms with Gasteiger partial charge in [0.05, 0.1) is 0 Å². The van der Waals surface area contributed by atoms with Crippen LogP contribution in [0, 0.1) is 11.6 Å². The summed E-state index contributed by atoms with van der Waals surface area (Å²) in [5.74, 6) is 0.380. The molecule has 0 aliphatic heterocycles. The van der Waals surface area contributed by atoms with Gasteiger partial charge in [0.15, 0.2) is 0 Å². The van der Waals surface area contributed by atoms with Crippen LogP contribution in [0.4, 0.5) is 8.78 Å². The molecule has 3 aromatic rings. The highest BCUT2D eigenvalue weighted by atomic mass is 19.1. The van der Waals surface area contributed by atoms with E-state index in [9.17, 15) is 8.78 Å². The van der Waals surface area contributed by atoms with Crippen molar-refractivity contribution < 1.29 is 8.78 Å². The summed E-state index contributed by atoms with van der Waals surface area (Å²) >= 11 is 0. The molecule has 0 radical (unpaired) electrons. The maximum Gasteiger partial charge on any atom is 0.129 e. The lowest BCUT2D eigenvalue weighted by atomic mass is 9.88. The van der Waals surface area contributed by atoms with Crippen molar-refractivity contribution in [3.8, 4) is 0 Å². The molecular formula is C21H21F2N3. The summed E-state index contributed by atoms with van der Waals surface area (Å²) < 4.78 is 26.5. The fraction of sp³-hybridized carbons (Fsp3) is 0.238. The van der Waals surface area contributed by atoms with E-state index in [-0.39, 0.29) is 17.6 Å². The third kappa shape index (κ3) is 5.17. The minimum Gasteiger partial charge on any atom is -0.316 e. The fourth-order valence-electron chi connectivity index (χ4n) is 2.95. The molecule has 1 heterocycles. The second-order valence-electron chi connectivity index (χ2n) is 6.11. The highest BCUT2D eigenvalue weighted by Gasteiger charge is 2.14.